The molecule has 2 aliphatic rings. The fourth-order valence-electron chi connectivity index (χ4n) is 4.48. The van der Waals surface area contributed by atoms with Gasteiger partial charge in [-0.2, -0.15) is 0 Å². The van der Waals surface area contributed by atoms with Crippen LogP contribution >= 0.6 is 0 Å². The molecule has 2 aromatic carbocycles. The van der Waals surface area contributed by atoms with Gasteiger partial charge in [0.05, 0.1) is 19.8 Å². The molecule has 8 heteroatoms. The zero-order valence-electron chi connectivity index (χ0n) is 18.6. The Kier molecular flexibility index (Phi) is 5.08. The summed E-state index contributed by atoms with van der Waals surface area (Å²) in [5.74, 6) is 0.355. The second-order valence-corrected chi connectivity index (χ2v) is 8.48. The van der Waals surface area contributed by atoms with Crippen molar-refractivity contribution in [3.63, 3.8) is 0 Å². The number of urea groups is 1. The van der Waals surface area contributed by atoms with Gasteiger partial charge in [-0.15, -0.1) is 0 Å². The molecule has 0 unspecified atom stereocenters. The van der Waals surface area contributed by atoms with E-state index in [1.54, 1.807) is 31.3 Å². The van der Waals surface area contributed by atoms with E-state index in [0.717, 1.165) is 34.2 Å². The Morgan fingerprint density at radius 2 is 1.91 bits per heavy atom. The number of carbonyl (C=O) groups excluding carboxylic acids is 3. The summed E-state index contributed by atoms with van der Waals surface area (Å²) in [7, 11) is 0. The highest BCUT2D eigenvalue weighted by Gasteiger charge is 2.50. The van der Waals surface area contributed by atoms with E-state index in [4.69, 9.17) is 9.47 Å². The Balaban J connectivity index is 1.41. The van der Waals surface area contributed by atoms with Gasteiger partial charge in [0.1, 0.15) is 5.54 Å². The molecule has 0 bridgehead atoms. The van der Waals surface area contributed by atoms with Crippen molar-refractivity contribution in [3.8, 4) is 11.5 Å². The van der Waals surface area contributed by atoms with Crippen LogP contribution in [-0.4, -0.2) is 47.4 Å². The maximum atomic E-state index is 13.4. The van der Waals surface area contributed by atoms with Crippen molar-refractivity contribution in [1.29, 1.82) is 0 Å². The number of aromatic nitrogens is 1. The molecule has 3 heterocycles. The van der Waals surface area contributed by atoms with Gasteiger partial charge in [0.25, 0.3) is 5.91 Å². The number of nitrogens with one attached hydrogen (secondary N) is 2. The maximum absolute atomic E-state index is 13.4. The number of hydrogen-bond donors (Lipinski definition) is 2. The Labute approximate surface area is 190 Å². The number of fused-ring (bicyclic) bond motifs is 2. The molecule has 0 saturated carbocycles. The highest BCUT2D eigenvalue weighted by molar-refractivity contribution is 6.14. The van der Waals surface area contributed by atoms with E-state index < -0.39 is 17.5 Å². The van der Waals surface area contributed by atoms with Crippen molar-refractivity contribution in [2.24, 2.45) is 0 Å². The Morgan fingerprint density at radius 3 is 2.70 bits per heavy atom. The molecule has 5 rings (SSSR count). The van der Waals surface area contributed by atoms with Crippen molar-refractivity contribution in [3.05, 3.63) is 59.3 Å². The van der Waals surface area contributed by atoms with Crippen LogP contribution in [0.15, 0.2) is 42.6 Å². The summed E-state index contributed by atoms with van der Waals surface area (Å²) in [6, 6.07) is 10.4. The second kappa shape index (κ2) is 7.95. The lowest BCUT2D eigenvalue weighted by molar-refractivity contribution is -0.130. The minimum Gasteiger partial charge on any atom is -0.490 e. The smallest absolute Gasteiger partial charge is 0.325 e. The Bertz CT molecular complexity index is 1280. The first-order valence-corrected chi connectivity index (χ1v) is 11.1. The van der Waals surface area contributed by atoms with Crippen LogP contribution < -0.4 is 14.8 Å². The van der Waals surface area contributed by atoms with Crippen molar-refractivity contribution in [1.82, 2.24) is 15.2 Å². The highest BCUT2D eigenvalue weighted by Crippen LogP contribution is 2.36. The fraction of sp³-hybridized carbons (Fsp3) is 0.320. The molecule has 1 saturated heterocycles. The van der Waals surface area contributed by atoms with E-state index >= 15 is 0 Å². The van der Waals surface area contributed by atoms with Crippen molar-refractivity contribution >= 4 is 28.6 Å². The number of para-hydroxylation sites is 1. The fourth-order valence-corrected chi connectivity index (χ4v) is 4.48. The molecular formula is C25H25N3O5. The molecule has 3 amide bonds. The van der Waals surface area contributed by atoms with Crippen LogP contribution in [0.2, 0.25) is 0 Å². The summed E-state index contributed by atoms with van der Waals surface area (Å²) < 4.78 is 11.4. The average Bonchev–Trinajstić information content (AvgIpc) is 3.23. The van der Waals surface area contributed by atoms with Crippen molar-refractivity contribution in [2.75, 3.05) is 19.8 Å². The van der Waals surface area contributed by atoms with Gasteiger partial charge < -0.3 is 19.8 Å². The normalized spacial score (nSPS) is 20.1. The molecule has 2 N–H and O–H groups in total. The van der Waals surface area contributed by atoms with Gasteiger partial charge in [0.15, 0.2) is 17.3 Å². The molecule has 1 fully saturated rings. The van der Waals surface area contributed by atoms with Gasteiger partial charge in [0, 0.05) is 29.1 Å². The van der Waals surface area contributed by atoms with Crippen molar-refractivity contribution in [2.45, 2.75) is 32.2 Å². The lowest BCUT2D eigenvalue weighted by atomic mass is 9.91. The summed E-state index contributed by atoms with van der Waals surface area (Å²) in [5, 5.41) is 3.54. The van der Waals surface area contributed by atoms with Gasteiger partial charge in [-0.05, 0) is 36.6 Å². The molecule has 0 radical (unpaired) electrons. The van der Waals surface area contributed by atoms with Crippen molar-refractivity contribution < 1.29 is 23.9 Å². The molecule has 8 nitrogen and oxygen atoms in total. The minimum atomic E-state index is -1.31. The van der Waals surface area contributed by atoms with Gasteiger partial charge in [-0.3, -0.25) is 14.5 Å². The standard InChI is InChI=1S/C25H25N3O5/c1-3-15-6-4-7-17-18(13-26-22(15)17)19(29)14-28-23(30)25(2,27-24(28)31)16-8-9-20-21(12-16)33-11-5-10-32-20/h4,6-9,12-13,26H,3,5,10-11,14H2,1-2H3,(H,27,31)/t25-/m1/s1. The average molecular weight is 447 g/mol. The van der Waals surface area contributed by atoms with E-state index in [9.17, 15) is 14.4 Å². The minimum absolute atomic E-state index is 0.305. The number of H-pyrrole nitrogens is 1. The number of rotatable bonds is 5. The quantitative estimate of drug-likeness (QED) is 0.460. The zero-order chi connectivity index (χ0) is 23.2. The molecule has 33 heavy (non-hydrogen) atoms. The van der Waals surface area contributed by atoms with Crippen LogP contribution in [-0.2, 0) is 16.8 Å². The number of ether oxygens (including phenoxy) is 2. The summed E-state index contributed by atoms with van der Waals surface area (Å²) in [6.07, 6.45) is 3.24. The lowest BCUT2D eigenvalue weighted by Gasteiger charge is -2.23. The Morgan fingerprint density at radius 1 is 1.12 bits per heavy atom. The second-order valence-electron chi connectivity index (χ2n) is 8.48. The Hall–Kier alpha value is -3.81. The molecular weight excluding hydrogens is 422 g/mol. The topological polar surface area (TPSA) is 101 Å². The number of carbonyl (C=O) groups is 3. The maximum Gasteiger partial charge on any atom is 0.325 e. The van der Waals surface area contributed by atoms with Crippen LogP contribution in [0, 0.1) is 0 Å². The lowest BCUT2D eigenvalue weighted by Crippen LogP contribution is -2.41. The van der Waals surface area contributed by atoms with Gasteiger partial charge in [-0.1, -0.05) is 31.2 Å². The molecule has 3 aromatic rings. The first-order chi connectivity index (χ1) is 15.9. The number of hydrogen-bond acceptors (Lipinski definition) is 5. The monoisotopic (exact) mass is 447 g/mol. The summed E-state index contributed by atoms with van der Waals surface area (Å²) in [6.45, 7) is 4.41. The van der Waals surface area contributed by atoms with E-state index in [2.05, 4.69) is 10.3 Å². The third-order valence-corrected chi connectivity index (χ3v) is 6.38. The van der Waals surface area contributed by atoms with Gasteiger partial charge >= 0.3 is 6.03 Å². The van der Waals surface area contributed by atoms with Crippen LogP contribution in [0.1, 0.15) is 41.8 Å². The zero-order valence-corrected chi connectivity index (χ0v) is 18.6. The van der Waals surface area contributed by atoms with E-state index in [-0.39, 0.29) is 12.3 Å². The third kappa shape index (κ3) is 3.42. The van der Waals surface area contributed by atoms with Gasteiger partial charge in [0.2, 0.25) is 0 Å². The van der Waals surface area contributed by atoms with Gasteiger partial charge in [-0.25, -0.2) is 4.79 Å². The number of benzene rings is 2. The number of aryl methyl sites for hydroxylation is 1. The number of imide groups is 1. The molecule has 1 atom stereocenters. The van der Waals surface area contributed by atoms with E-state index in [1.807, 2.05) is 25.1 Å². The van der Waals surface area contributed by atoms with E-state index in [1.165, 1.54) is 0 Å². The molecule has 1 aromatic heterocycles. The van der Waals surface area contributed by atoms with Crippen LogP contribution in [0.5, 0.6) is 11.5 Å². The van der Waals surface area contributed by atoms with Crippen LogP contribution in [0.3, 0.4) is 0 Å². The number of nitrogens with zero attached hydrogens (tertiary/aromatic N) is 1. The molecule has 2 aliphatic heterocycles. The van der Waals surface area contributed by atoms with Crippen LogP contribution in [0.25, 0.3) is 10.9 Å². The molecule has 0 aliphatic carbocycles. The summed E-state index contributed by atoms with van der Waals surface area (Å²) in [4.78, 5) is 43.4. The number of ketones is 1. The summed E-state index contributed by atoms with van der Waals surface area (Å²) >= 11 is 0. The largest absolute Gasteiger partial charge is 0.490 e. The summed E-state index contributed by atoms with van der Waals surface area (Å²) in [5.41, 5.74) is 1.73. The van der Waals surface area contributed by atoms with E-state index in [0.29, 0.717) is 35.8 Å². The third-order valence-electron chi connectivity index (χ3n) is 6.38. The SMILES string of the molecule is CCc1cccc2c(C(=O)CN3C(=O)N[C@](C)(c4ccc5c(c4)OCCCO5)C3=O)c[nH]c12. The predicted molar refractivity (Wildman–Crippen MR) is 122 cm³/mol. The predicted octanol–water partition coefficient (Wildman–Crippen LogP) is 3.54. The number of amides is 3. The number of aromatic amines is 1. The number of Topliss-reactive ketones (excluding diaryl/α,β-unsaturated/α-hetero) is 1. The highest BCUT2D eigenvalue weighted by atomic mass is 16.5. The molecule has 0 spiro atoms. The molecule has 170 valence electrons. The van der Waals surface area contributed by atoms with Crippen LogP contribution in [0.4, 0.5) is 4.79 Å². The first kappa shape index (κ1) is 21.1. The first-order valence-electron chi connectivity index (χ1n) is 11.1.